The van der Waals surface area contributed by atoms with Gasteiger partial charge in [-0.15, -0.1) is 11.3 Å². The molecule has 1 atom stereocenters. The predicted octanol–water partition coefficient (Wildman–Crippen LogP) is 7.46. The first kappa shape index (κ1) is 23.2. The van der Waals surface area contributed by atoms with Crippen molar-refractivity contribution < 1.29 is 14.6 Å². The molecular formula is C25H26ClNO3S. The van der Waals surface area contributed by atoms with E-state index in [2.05, 4.69) is 6.58 Å². The van der Waals surface area contributed by atoms with Gasteiger partial charge in [-0.2, -0.15) is 0 Å². The fraction of sp³-hybridized carbons (Fsp3) is 0.280. The Hall–Kier alpha value is -2.47. The summed E-state index contributed by atoms with van der Waals surface area (Å²) in [6, 6.07) is 9.35. The van der Waals surface area contributed by atoms with Crippen molar-refractivity contribution in [2.75, 3.05) is 0 Å². The van der Waals surface area contributed by atoms with Crippen LogP contribution in [0.1, 0.15) is 49.9 Å². The van der Waals surface area contributed by atoms with Gasteiger partial charge in [0, 0.05) is 21.7 Å². The predicted molar refractivity (Wildman–Crippen MR) is 130 cm³/mol. The van der Waals surface area contributed by atoms with Gasteiger partial charge in [0.1, 0.15) is 5.01 Å². The van der Waals surface area contributed by atoms with Crippen LogP contribution in [-0.4, -0.2) is 21.7 Å². The molecule has 2 aromatic carbocycles. The maximum absolute atomic E-state index is 12.3. The number of carbonyl (C=O) groups is 1. The molecule has 0 fully saturated rings. The lowest BCUT2D eigenvalue weighted by Gasteiger charge is -2.28. The summed E-state index contributed by atoms with van der Waals surface area (Å²) in [7, 11) is 0. The average Bonchev–Trinajstić information content (AvgIpc) is 3.09. The molecule has 0 aliphatic rings. The first-order valence-electron chi connectivity index (χ1n) is 9.95. The third-order valence-electron chi connectivity index (χ3n) is 4.80. The SMILES string of the molecule is C=C/C(=C\C)c1nc2cc(C)c([C@H](OC(C)(C)C)C(=O)O)c(-c3ccc(Cl)cc3)c2s1. The Morgan fingerprint density at radius 1 is 1.29 bits per heavy atom. The molecule has 0 saturated heterocycles. The number of allylic oxidation sites excluding steroid dienone is 3. The van der Waals surface area contributed by atoms with Crippen LogP contribution in [0.4, 0.5) is 0 Å². The largest absolute Gasteiger partial charge is 0.479 e. The Labute approximate surface area is 191 Å². The number of halogens is 1. The van der Waals surface area contributed by atoms with E-state index in [9.17, 15) is 9.90 Å². The molecule has 0 radical (unpaired) electrons. The molecule has 31 heavy (non-hydrogen) atoms. The van der Waals surface area contributed by atoms with E-state index >= 15 is 0 Å². The van der Waals surface area contributed by atoms with Crippen LogP contribution in [-0.2, 0) is 9.53 Å². The summed E-state index contributed by atoms with van der Waals surface area (Å²) in [4.78, 5) is 17.1. The standard InChI is InChI=1S/C25H26ClNO3S/c1-7-15(8-2)23-27-18-13-14(3)19(21(24(28)29)30-25(4,5)6)20(22(18)31-23)16-9-11-17(26)12-10-16/h7-13,21H,1H2,2-6H3,(H,28,29)/b15-8+/t21-/m0/s1. The Kier molecular flexibility index (Phi) is 6.70. The fourth-order valence-corrected chi connectivity index (χ4v) is 4.81. The van der Waals surface area contributed by atoms with Gasteiger partial charge in [0.05, 0.1) is 15.8 Å². The zero-order chi connectivity index (χ0) is 22.9. The number of thiazole rings is 1. The second-order valence-corrected chi connectivity index (χ2v) is 9.69. The van der Waals surface area contributed by atoms with Crippen molar-refractivity contribution in [3.8, 4) is 11.1 Å². The zero-order valence-corrected chi connectivity index (χ0v) is 19.9. The number of hydrogen-bond acceptors (Lipinski definition) is 4. The topological polar surface area (TPSA) is 59.4 Å². The first-order chi connectivity index (χ1) is 14.6. The number of aromatic nitrogens is 1. The van der Waals surface area contributed by atoms with Crippen molar-refractivity contribution in [2.24, 2.45) is 0 Å². The molecule has 1 heterocycles. The highest BCUT2D eigenvalue weighted by molar-refractivity contribution is 7.20. The number of aryl methyl sites for hydroxylation is 1. The summed E-state index contributed by atoms with van der Waals surface area (Å²) in [6.07, 6.45) is 2.61. The van der Waals surface area contributed by atoms with E-state index in [4.69, 9.17) is 21.3 Å². The molecule has 0 saturated carbocycles. The quantitative estimate of drug-likeness (QED) is 0.392. The summed E-state index contributed by atoms with van der Waals surface area (Å²) >= 11 is 7.64. The highest BCUT2D eigenvalue weighted by Gasteiger charge is 2.32. The van der Waals surface area contributed by atoms with E-state index in [0.717, 1.165) is 37.5 Å². The van der Waals surface area contributed by atoms with Crippen LogP contribution in [0.25, 0.3) is 26.9 Å². The number of fused-ring (bicyclic) bond motifs is 1. The molecule has 0 unspecified atom stereocenters. The van der Waals surface area contributed by atoms with Crippen LogP contribution in [0, 0.1) is 6.92 Å². The van der Waals surface area contributed by atoms with E-state index in [0.29, 0.717) is 10.6 Å². The molecule has 0 aliphatic carbocycles. The van der Waals surface area contributed by atoms with Gasteiger partial charge in [0.25, 0.3) is 0 Å². The molecule has 1 N–H and O–H groups in total. The normalized spacial score (nSPS) is 13.4. The van der Waals surface area contributed by atoms with Crippen molar-refractivity contribution in [1.82, 2.24) is 4.98 Å². The summed E-state index contributed by atoms with van der Waals surface area (Å²) < 4.78 is 6.93. The smallest absolute Gasteiger partial charge is 0.337 e. The van der Waals surface area contributed by atoms with Crippen LogP contribution in [0.5, 0.6) is 0 Å². The minimum Gasteiger partial charge on any atom is -0.479 e. The summed E-state index contributed by atoms with van der Waals surface area (Å²) in [5, 5.41) is 11.5. The van der Waals surface area contributed by atoms with Gasteiger partial charge < -0.3 is 9.84 Å². The van der Waals surface area contributed by atoms with E-state index in [-0.39, 0.29) is 0 Å². The monoisotopic (exact) mass is 455 g/mol. The van der Waals surface area contributed by atoms with Crippen molar-refractivity contribution in [3.05, 3.63) is 70.2 Å². The lowest BCUT2D eigenvalue weighted by Crippen LogP contribution is -2.28. The molecule has 0 bridgehead atoms. The lowest BCUT2D eigenvalue weighted by atomic mass is 9.91. The van der Waals surface area contributed by atoms with Crippen molar-refractivity contribution in [1.29, 1.82) is 0 Å². The Morgan fingerprint density at radius 2 is 1.94 bits per heavy atom. The number of ether oxygens (including phenoxy) is 1. The van der Waals surface area contributed by atoms with Gasteiger partial charge in [0.2, 0.25) is 0 Å². The summed E-state index contributed by atoms with van der Waals surface area (Å²) in [5.41, 5.74) is 4.23. The number of rotatable bonds is 6. The third kappa shape index (κ3) is 4.90. The van der Waals surface area contributed by atoms with E-state index in [1.807, 2.05) is 58.9 Å². The molecule has 1 aromatic heterocycles. The number of carboxylic acid groups (broad SMARTS) is 1. The lowest BCUT2D eigenvalue weighted by molar-refractivity contribution is -0.160. The zero-order valence-electron chi connectivity index (χ0n) is 18.3. The fourth-order valence-electron chi connectivity index (χ4n) is 3.49. The maximum atomic E-state index is 12.3. The van der Waals surface area contributed by atoms with Crippen LogP contribution in [0.3, 0.4) is 0 Å². The molecule has 4 nitrogen and oxygen atoms in total. The average molecular weight is 456 g/mol. The first-order valence-corrected chi connectivity index (χ1v) is 11.1. The van der Waals surface area contributed by atoms with Crippen molar-refractivity contribution in [2.45, 2.75) is 46.3 Å². The van der Waals surface area contributed by atoms with Crippen molar-refractivity contribution >= 4 is 44.7 Å². The Balaban J connectivity index is 2.41. The van der Waals surface area contributed by atoms with Gasteiger partial charge in [-0.05, 0) is 63.9 Å². The Morgan fingerprint density at radius 3 is 2.45 bits per heavy atom. The maximum Gasteiger partial charge on any atom is 0.337 e. The van der Waals surface area contributed by atoms with Crippen molar-refractivity contribution in [3.63, 3.8) is 0 Å². The molecular weight excluding hydrogens is 430 g/mol. The second kappa shape index (κ2) is 8.95. The molecule has 0 spiro atoms. The number of benzene rings is 2. The molecule has 162 valence electrons. The molecule has 3 aromatic rings. The van der Waals surface area contributed by atoms with Crippen LogP contribution < -0.4 is 0 Å². The minimum absolute atomic E-state index is 0.614. The minimum atomic E-state index is -1.12. The summed E-state index contributed by atoms with van der Waals surface area (Å²) in [6.45, 7) is 13.3. The van der Waals surface area contributed by atoms with E-state index < -0.39 is 17.7 Å². The summed E-state index contributed by atoms with van der Waals surface area (Å²) in [5.74, 6) is -1.03. The highest BCUT2D eigenvalue weighted by Crippen LogP contribution is 2.43. The Bertz CT molecular complexity index is 1170. The van der Waals surface area contributed by atoms with Crippen LogP contribution in [0.15, 0.2) is 49.1 Å². The molecule has 0 amide bonds. The van der Waals surface area contributed by atoms with Crippen LogP contribution >= 0.6 is 22.9 Å². The second-order valence-electron chi connectivity index (χ2n) is 8.25. The third-order valence-corrected chi connectivity index (χ3v) is 6.19. The van der Waals surface area contributed by atoms with Gasteiger partial charge in [-0.25, -0.2) is 9.78 Å². The van der Waals surface area contributed by atoms with Gasteiger partial charge >= 0.3 is 5.97 Å². The van der Waals surface area contributed by atoms with E-state index in [1.54, 1.807) is 18.2 Å². The van der Waals surface area contributed by atoms with Crippen LogP contribution in [0.2, 0.25) is 5.02 Å². The van der Waals surface area contributed by atoms with Gasteiger partial charge in [0.15, 0.2) is 6.10 Å². The van der Waals surface area contributed by atoms with E-state index in [1.165, 1.54) is 11.3 Å². The number of nitrogens with zero attached hydrogens (tertiary/aromatic N) is 1. The highest BCUT2D eigenvalue weighted by atomic mass is 35.5. The number of hydrogen-bond donors (Lipinski definition) is 1. The molecule has 0 aliphatic heterocycles. The number of carboxylic acids is 1. The van der Waals surface area contributed by atoms with Gasteiger partial charge in [-0.1, -0.05) is 42.5 Å². The molecule has 3 rings (SSSR count). The molecule has 6 heteroatoms. The number of aliphatic carboxylic acids is 1. The van der Waals surface area contributed by atoms with Gasteiger partial charge in [-0.3, -0.25) is 0 Å².